The van der Waals surface area contributed by atoms with Gasteiger partial charge in [-0.25, -0.2) is 8.42 Å². The Bertz CT molecular complexity index is 1190. The van der Waals surface area contributed by atoms with E-state index in [9.17, 15) is 18.0 Å². The predicted octanol–water partition coefficient (Wildman–Crippen LogP) is 5.40. The first-order valence-corrected chi connectivity index (χ1v) is 14.1. The molecular weight excluding hydrogens is 556 g/mol. The first-order valence-electron chi connectivity index (χ1n) is 10.7. The Morgan fingerprint density at radius 1 is 0.971 bits per heavy atom. The van der Waals surface area contributed by atoms with Gasteiger partial charge in [0.25, 0.3) is 0 Å². The van der Waals surface area contributed by atoms with E-state index >= 15 is 0 Å². The van der Waals surface area contributed by atoms with Gasteiger partial charge in [0.05, 0.1) is 27.0 Å². The molecule has 7 nitrogen and oxygen atoms in total. The summed E-state index contributed by atoms with van der Waals surface area (Å²) in [6.07, 6.45) is 1.66. The maximum Gasteiger partial charge on any atom is 0.244 e. The van der Waals surface area contributed by atoms with Crippen LogP contribution in [0.25, 0.3) is 0 Å². The van der Waals surface area contributed by atoms with E-state index in [-0.39, 0.29) is 39.2 Å². The maximum atomic E-state index is 13.5. The molecule has 12 heteroatoms. The van der Waals surface area contributed by atoms with E-state index < -0.39 is 28.5 Å². The largest absolute Gasteiger partial charge is 0.352 e. The number of carbonyl (C=O) groups excluding carboxylic acids is 2. The van der Waals surface area contributed by atoms with Crippen molar-refractivity contribution in [3.8, 4) is 0 Å². The van der Waals surface area contributed by atoms with Crippen molar-refractivity contribution in [1.82, 2.24) is 10.2 Å². The molecule has 0 aromatic heterocycles. The molecule has 0 saturated heterocycles. The number of nitrogens with one attached hydrogen (secondary N) is 1. The Kier molecular flexibility index (Phi) is 10.5. The smallest absolute Gasteiger partial charge is 0.244 e. The van der Waals surface area contributed by atoms with Gasteiger partial charge in [-0.3, -0.25) is 13.9 Å². The van der Waals surface area contributed by atoms with E-state index in [0.717, 1.165) is 10.6 Å². The monoisotopic (exact) mass is 581 g/mol. The Hall–Kier alpha value is -1.71. The summed E-state index contributed by atoms with van der Waals surface area (Å²) in [5.41, 5.74) is 0.670. The van der Waals surface area contributed by atoms with Gasteiger partial charge in [0, 0.05) is 17.6 Å². The van der Waals surface area contributed by atoms with E-state index in [0.29, 0.717) is 17.0 Å². The van der Waals surface area contributed by atoms with Gasteiger partial charge in [0.1, 0.15) is 12.6 Å². The molecule has 2 rings (SSSR count). The summed E-state index contributed by atoms with van der Waals surface area (Å²) in [4.78, 5) is 27.7. The molecule has 0 aliphatic rings. The molecular formula is C23H27Cl4N3O4S. The fourth-order valence-corrected chi connectivity index (χ4v) is 4.76. The van der Waals surface area contributed by atoms with Gasteiger partial charge in [0.2, 0.25) is 21.8 Å². The van der Waals surface area contributed by atoms with Crippen molar-refractivity contribution in [3.63, 3.8) is 0 Å². The fourth-order valence-electron chi connectivity index (χ4n) is 3.15. The zero-order chi connectivity index (χ0) is 26.5. The van der Waals surface area contributed by atoms with Crippen molar-refractivity contribution >= 4 is 73.9 Å². The van der Waals surface area contributed by atoms with Crippen molar-refractivity contribution in [3.05, 3.63) is 62.1 Å². The van der Waals surface area contributed by atoms with Crippen LogP contribution in [0.4, 0.5) is 5.69 Å². The summed E-state index contributed by atoms with van der Waals surface area (Å²) in [5.74, 6) is -0.996. The van der Waals surface area contributed by atoms with E-state index in [1.165, 1.54) is 23.1 Å². The Labute approximate surface area is 226 Å². The lowest BCUT2D eigenvalue weighted by atomic mass is 10.1. The third kappa shape index (κ3) is 8.15. The van der Waals surface area contributed by atoms with E-state index in [2.05, 4.69) is 5.32 Å². The number of benzene rings is 2. The first-order chi connectivity index (χ1) is 16.2. The third-order valence-corrected chi connectivity index (χ3v) is 7.78. The fraction of sp³-hybridized carbons (Fsp3) is 0.391. The predicted molar refractivity (Wildman–Crippen MR) is 143 cm³/mol. The minimum Gasteiger partial charge on any atom is -0.352 e. The summed E-state index contributed by atoms with van der Waals surface area (Å²) in [6, 6.07) is 8.14. The third-order valence-electron chi connectivity index (χ3n) is 5.36. The molecule has 0 bridgehead atoms. The molecule has 0 saturated carbocycles. The summed E-state index contributed by atoms with van der Waals surface area (Å²) >= 11 is 24.4. The lowest BCUT2D eigenvalue weighted by Gasteiger charge is -2.32. The minimum atomic E-state index is -3.94. The zero-order valence-electron chi connectivity index (χ0n) is 19.7. The van der Waals surface area contributed by atoms with Crippen LogP contribution in [0, 0.1) is 0 Å². The van der Waals surface area contributed by atoms with Crippen LogP contribution in [0.5, 0.6) is 0 Å². The SMILES string of the molecule is CC[C@@H](C)NC(=O)[C@@H](C)N(Cc1ccc(Cl)c(Cl)c1)C(=O)CN(c1cc(Cl)ccc1Cl)S(C)(=O)=O. The van der Waals surface area contributed by atoms with Crippen molar-refractivity contribution in [2.24, 2.45) is 0 Å². The molecule has 0 heterocycles. The van der Waals surface area contributed by atoms with Crippen LogP contribution in [0.15, 0.2) is 36.4 Å². The molecule has 35 heavy (non-hydrogen) atoms. The molecule has 0 aliphatic carbocycles. The van der Waals surface area contributed by atoms with Crippen LogP contribution in [-0.4, -0.2) is 50.0 Å². The van der Waals surface area contributed by atoms with Gasteiger partial charge in [-0.2, -0.15) is 0 Å². The van der Waals surface area contributed by atoms with Gasteiger partial charge in [-0.1, -0.05) is 59.4 Å². The van der Waals surface area contributed by atoms with Crippen LogP contribution >= 0.6 is 46.4 Å². The van der Waals surface area contributed by atoms with Crippen LogP contribution in [0.1, 0.15) is 32.8 Å². The molecule has 0 unspecified atom stereocenters. The van der Waals surface area contributed by atoms with E-state index in [1.54, 1.807) is 25.1 Å². The van der Waals surface area contributed by atoms with Crippen molar-refractivity contribution in [1.29, 1.82) is 0 Å². The Morgan fingerprint density at radius 3 is 2.17 bits per heavy atom. The second-order valence-corrected chi connectivity index (χ2v) is 11.7. The van der Waals surface area contributed by atoms with Crippen molar-refractivity contribution in [2.45, 2.75) is 45.8 Å². The first kappa shape index (κ1) is 29.5. The van der Waals surface area contributed by atoms with Crippen molar-refractivity contribution in [2.75, 3.05) is 17.1 Å². The normalized spacial score (nSPS) is 13.1. The number of anilines is 1. The highest BCUT2D eigenvalue weighted by Crippen LogP contribution is 2.31. The summed E-state index contributed by atoms with van der Waals surface area (Å²) in [6.45, 7) is 4.74. The number of sulfonamides is 1. The second kappa shape index (κ2) is 12.5. The van der Waals surface area contributed by atoms with E-state index in [1.807, 2.05) is 13.8 Å². The lowest BCUT2D eigenvalue weighted by molar-refractivity contribution is -0.139. The number of halogens is 4. The van der Waals surface area contributed by atoms with Gasteiger partial charge in [-0.15, -0.1) is 0 Å². The maximum absolute atomic E-state index is 13.5. The highest BCUT2D eigenvalue weighted by atomic mass is 35.5. The summed E-state index contributed by atoms with van der Waals surface area (Å²) < 4.78 is 26.1. The molecule has 0 aliphatic heterocycles. The Morgan fingerprint density at radius 2 is 1.60 bits per heavy atom. The average Bonchev–Trinajstić information content (AvgIpc) is 2.78. The van der Waals surface area contributed by atoms with Crippen LogP contribution in [-0.2, 0) is 26.2 Å². The molecule has 0 fully saturated rings. The molecule has 1 N–H and O–H groups in total. The number of nitrogens with zero attached hydrogens (tertiary/aromatic N) is 2. The number of hydrogen-bond donors (Lipinski definition) is 1. The minimum absolute atomic E-state index is 0.00824. The molecule has 2 amide bonds. The molecule has 192 valence electrons. The Balaban J connectivity index is 2.45. The molecule has 2 aromatic carbocycles. The van der Waals surface area contributed by atoms with Crippen LogP contribution in [0.3, 0.4) is 0 Å². The van der Waals surface area contributed by atoms with Gasteiger partial charge in [0.15, 0.2) is 0 Å². The molecule has 2 atom stereocenters. The number of rotatable bonds is 10. The zero-order valence-corrected chi connectivity index (χ0v) is 23.5. The van der Waals surface area contributed by atoms with Crippen molar-refractivity contribution < 1.29 is 18.0 Å². The highest BCUT2D eigenvalue weighted by Gasteiger charge is 2.31. The van der Waals surface area contributed by atoms with Crippen LogP contribution in [0.2, 0.25) is 20.1 Å². The molecule has 0 radical (unpaired) electrons. The molecule has 0 spiro atoms. The number of hydrogen-bond acceptors (Lipinski definition) is 4. The highest BCUT2D eigenvalue weighted by molar-refractivity contribution is 7.92. The summed E-state index contributed by atoms with van der Waals surface area (Å²) in [5, 5.41) is 3.84. The quantitative estimate of drug-likeness (QED) is 0.406. The van der Waals surface area contributed by atoms with Gasteiger partial charge < -0.3 is 10.2 Å². The number of amides is 2. The van der Waals surface area contributed by atoms with Crippen LogP contribution < -0.4 is 9.62 Å². The number of carbonyl (C=O) groups is 2. The van der Waals surface area contributed by atoms with Gasteiger partial charge >= 0.3 is 0 Å². The lowest BCUT2D eigenvalue weighted by Crippen LogP contribution is -2.52. The molecule has 2 aromatic rings. The second-order valence-electron chi connectivity index (χ2n) is 8.13. The van der Waals surface area contributed by atoms with Gasteiger partial charge in [-0.05, 0) is 56.2 Å². The topological polar surface area (TPSA) is 86.8 Å². The summed E-state index contributed by atoms with van der Waals surface area (Å²) in [7, 11) is -3.94. The standard InChI is InChI=1S/C23H27Cl4N3O4S/c1-5-14(2)28-23(32)15(3)29(12-16-6-8-18(25)20(27)10-16)22(31)13-30(35(4,33)34)21-11-17(24)7-9-19(21)26/h6-11,14-15H,5,12-13H2,1-4H3,(H,28,32)/t14-,15-/m1/s1. The van der Waals surface area contributed by atoms with E-state index in [4.69, 9.17) is 46.4 Å². The average molecular weight is 583 g/mol.